The molecule has 0 saturated heterocycles. The Hall–Kier alpha value is -7.36. The molecule has 2 N–H and O–H groups in total. The van der Waals surface area contributed by atoms with Crippen molar-refractivity contribution in [3.63, 3.8) is 0 Å². The van der Waals surface area contributed by atoms with Gasteiger partial charge in [-0.1, -0.05) is 158 Å². The molecule has 58 heavy (non-hydrogen) atoms. The highest BCUT2D eigenvalue weighted by molar-refractivity contribution is 6.29. The number of rotatable bonds is 8. The van der Waals surface area contributed by atoms with E-state index in [2.05, 4.69) is 205 Å². The van der Waals surface area contributed by atoms with E-state index in [1.54, 1.807) is 0 Å². The fraction of sp³-hybridized carbons (Fsp3) is 0.0545. The summed E-state index contributed by atoms with van der Waals surface area (Å²) in [5.74, 6) is 0. The van der Waals surface area contributed by atoms with Crippen LogP contribution in [0, 0.1) is 0 Å². The van der Waals surface area contributed by atoms with E-state index in [0.717, 1.165) is 40.2 Å². The maximum atomic E-state index is 6.74. The van der Waals surface area contributed by atoms with Crippen molar-refractivity contribution in [2.24, 2.45) is 5.73 Å². The first kappa shape index (κ1) is 35.1. The van der Waals surface area contributed by atoms with Crippen LogP contribution < -0.4 is 5.73 Å². The van der Waals surface area contributed by atoms with Crippen molar-refractivity contribution in [1.29, 1.82) is 0 Å². The quantitative estimate of drug-likeness (QED) is 0.122. The van der Waals surface area contributed by atoms with Crippen LogP contribution in [-0.4, -0.2) is 9.13 Å². The van der Waals surface area contributed by atoms with Crippen molar-refractivity contribution in [3.8, 4) is 11.4 Å². The van der Waals surface area contributed by atoms with Crippen LogP contribution in [0.5, 0.6) is 0 Å². The first-order valence-electron chi connectivity index (χ1n) is 20.1. The number of fused-ring (bicyclic) bond motifs is 11. The molecule has 3 nitrogen and oxygen atoms in total. The van der Waals surface area contributed by atoms with Gasteiger partial charge < -0.3 is 14.9 Å². The fourth-order valence-electron chi connectivity index (χ4n) is 8.92. The van der Waals surface area contributed by atoms with Crippen LogP contribution in [0.4, 0.5) is 0 Å². The maximum absolute atomic E-state index is 6.74. The number of aromatic nitrogens is 2. The lowest BCUT2D eigenvalue weighted by Gasteiger charge is -2.14. The number of benzene rings is 8. The van der Waals surface area contributed by atoms with Gasteiger partial charge in [-0.25, -0.2) is 0 Å². The average Bonchev–Trinajstić information content (AvgIpc) is 3.81. The molecule has 10 aromatic rings. The second-order valence-electron chi connectivity index (χ2n) is 15.0. The monoisotopic (exact) mass is 745 g/mol. The van der Waals surface area contributed by atoms with Crippen molar-refractivity contribution in [1.82, 2.24) is 9.13 Å². The van der Waals surface area contributed by atoms with Gasteiger partial charge in [0.1, 0.15) is 0 Å². The zero-order valence-corrected chi connectivity index (χ0v) is 32.7. The van der Waals surface area contributed by atoms with E-state index < -0.39 is 0 Å². The lowest BCUT2D eigenvalue weighted by atomic mass is 9.97. The Morgan fingerprint density at radius 2 is 1.03 bits per heavy atom. The Labute approximate surface area is 338 Å². The Balaban J connectivity index is 1.20. The maximum Gasteiger partial charge on any atom is 0.0625 e. The van der Waals surface area contributed by atoms with E-state index in [1.165, 1.54) is 70.7 Å². The van der Waals surface area contributed by atoms with E-state index in [1.807, 2.05) is 18.2 Å². The molecule has 0 unspecified atom stereocenters. The molecule has 2 heterocycles. The largest absolute Gasteiger partial charge is 0.398 e. The van der Waals surface area contributed by atoms with Gasteiger partial charge in [0.2, 0.25) is 0 Å². The molecule has 0 aliphatic rings. The van der Waals surface area contributed by atoms with Gasteiger partial charge in [-0.3, -0.25) is 0 Å². The molecule has 0 fully saturated rings. The summed E-state index contributed by atoms with van der Waals surface area (Å²) in [5.41, 5.74) is 19.1. The van der Waals surface area contributed by atoms with E-state index in [4.69, 9.17) is 5.73 Å². The summed E-state index contributed by atoms with van der Waals surface area (Å²) < 4.78 is 4.91. The van der Waals surface area contributed by atoms with Gasteiger partial charge in [0.25, 0.3) is 0 Å². The van der Waals surface area contributed by atoms with Crippen molar-refractivity contribution < 1.29 is 0 Å². The molecule has 3 heteroatoms. The second-order valence-corrected chi connectivity index (χ2v) is 15.0. The van der Waals surface area contributed by atoms with Gasteiger partial charge in [-0.05, 0) is 95.8 Å². The summed E-state index contributed by atoms with van der Waals surface area (Å²) >= 11 is 0. The van der Waals surface area contributed by atoms with Gasteiger partial charge in [0.05, 0.1) is 22.1 Å². The molecule has 0 amide bonds. The Bertz CT molecular complexity index is 3300. The van der Waals surface area contributed by atoms with Crippen molar-refractivity contribution in [2.45, 2.75) is 20.3 Å². The van der Waals surface area contributed by atoms with Crippen LogP contribution in [0.25, 0.3) is 87.8 Å². The summed E-state index contributed by atoms with van der Waals surface area (Å²) in [7, 11) is 0. The summed E-state index contributed by atoms with van der Waals surface area (Å²) in [6, 6.07) is 61.5. The van der Waals surface area contributed by atoms with Gasteiger partial charge in [-0.15, -0.1) is 0 Å². The van der Waals surface area contributed by atoms with E-state index in [-0.39, 0.29) is 0 Å². The van der Waals surface area contributed by atoms with E-state index in [0.29, 0.717) is 0 Å². The third-order valence-corrected chi connectivity index (χ3v) is 11.6. The van der Waals surface area contributed by atoms with Crippen LogP contribution >= 0.6 is 0 Å². The molecule has 0 radical (unpaired) electrons. The van der Waals surface area contributed by atoms with Crippen molar-refractivity contribution in [3.05, 3.63) is 217 Å². The van der Waals surface area contributed by atoms with Gasteiger partial charge in [0, 0.05) is 49.4 Å². The molecule has 0 aliphatic carbocycles. The predicted octanol–water partition coefficient (Wildman–Crippen LogP) is 14.5. The molecule has 0 saturated carbocycles. The first-order valence-corrected chi connectivity index (χ1v) is 20.1. The summed E-state index contributed by atoms with van der Waals surface area (Å²) in [4.78, 5) is 0. The topological polar surface area (TPSA) is 35.9 Å². The molecule has 0 bridgehead atoms. The first-order chi connectivity index (χ1) is 28.6. The highest BCUT2D eigenvalue weighted by Crippen LogP contribution is 2.43. The summed E-state index contributed by atoms with van der Waals surface area (Å²) in [6.07, 6.45) is 11.6. The van der Waals surface area contributed by atoms with Gasteiger partial charge in [-0.2, -0.15) is 0 Å². The van der Waals surface area contributed by atoms with E-state index in [9.17, 15) is 0 Å². The molecule has 278 valence electrons. The third-order valence-electron chi connectivity index (χ3n) is 11.6. The Morgan fingerprint density at radius 1 is 0.500 bits per heavy atom. The van der Waals surface area contributed by atoms with Crippen molar-refractivity contribution in [2.75, 3.05) is 0 Å². The third kappa shape index (κ3) is 5.83. The van der Waals surface area contributed by atoms with Crippen LogP contribution in [-0.2, 0) is 0 Å². The van der Waals surface area contributed by atoms with Crippen molar-refractivity contribution >= 4 is 76.4 Å². The molecule has 0 atom stereocenters. The SMILES string of the molecule is C/C=C\C(=C/C)C/C=C(\C=C(/N)c1ccccc1)c1ccc(-n2c3ccccc3c3ccc4c(ccc5ccc6c7ccccc7n(-c7ccccc7)c6c54)c32)cc1. The number of nitrogens with zero attached hydrogens (tertiary/aromatic N) is 2. The van der Waals surface area contributed by atoms with Crippen LogP contribution in [0.2, 0.25) is 0 Å². The highest BCUT2D eigenvalue weighted by Gasteiger charge is 2.20. The smallest absolute Gasteiger partial charge is 0.0625 e. The minimum absolute atomic E-state index is 0.741. The molecule has 0 spiro atoms. The van der Waals surface area contributed by atoms with Crippen LogP contribution in [0.1, 0.15) is 31.4 Å². The number of allylic oxidation sites excluding steroid dienone is 7. The zero-order valence-electron chi connectivity index (χ0n) is 32.7. The average molecular weight is 746 g/mol. The summed E-state index contributed by atoms with van der Waals surface area (Å²) in [5, 5.41) is 9.95. The second kappa shape index (κ2) is 14.6. The standard InChI is InChI=1S/C55H43N3/c1-3-15-37(4-2)24-25-41(36-50(56)39-16-7-5-8-17-39)38-26-30-43(31-27-38)57-51-22-13-11-20-44(51)47-35-34-46-49(54(47)57)33-29-40-28-32-48-45-21-12-14-23-52(45)58(55(48)53(40)46)42-18-9-6-10-19-42/h3-23,25-36H,24,56H2,1-2H3/b15-3-,37-4+,41-25+,50-36-. The molecular formula is C55H43N3. The Kier molecular flexibility index (Phi) is 8.84. The highest BCUT2D eigenvalue weighted by atomic mass is 15.0. The molecule has 2 aromatic heterocycles. The lowest BCUT2D eigenvalue weighted by Crippen LogP contribution is -1.98. The fourth-order valence-corrected chi connectivity index (χ4v) is 8.92. The Morgan fingerprint density at radius 3 is 1.69 bits per heavy atom. The molecular weight excluding hydrogens is 703 g/mol. The normalized spacial score (nSPS) is 13.0. The molecule has 8 aromatic carbocycles. The summed E-state index contributed by atoms with van der Waals surface area (Å²) in [6.45, 7) is 4.15. The van der Waals surface area contributed by atoms with Gasteiger partial charge in [0.15, 0.2) is 0 Å². The number of hydrogen-bond acceptors (Lipinski definition) is 1. The number of hydrogen-bond donors (Lipinski definition) is 1. The number of para-hydroxylation sites is 3. The minimum Gasteiger partial charge on any atom is -0.398 e. The zero-order chi connectivity index (χ0) is 39.2. The predicted molar refractivity (Wildman–Crippen MR) is 250 cm³/mol. The molecule has 0 aliphatic heterocycles. The van der Waals surface area contributed by atoms with Crippen LogP contribution in [0.3, 0.4) is 0 Å². The lowest BCUT2D eigenvalue weighted by molar-refractivity contribution is 1.18. The number of nitrogens with two attached hydrogens (primary N) is 1. The molecule has 10 rings (SSSR count). The van der Waals surface area contributed by atoms with Crippen LogP contribution in [0.15, 0.2) is 206 Å². The van der Waals surface area contributed by atoms with Gasteiger partial charge >= 0.3 is 0 Å². The minimum atomic E-state index is 0.741. The van der Waals surface area contributed by atoms with E-state index >= 15 is 0 Å².